The molecule has 0 radical (unpaired) electrons. The Morgan fingerprint density at radius 3 is 2.66 bits per heavy atom. The van der Waals surface area contributed by atoms with Crippen molar-refractivity contribution in [1.82, 2.24) is 4.90 Å². The number of aliphatic hydroxyl groups is 1. The highest BCUT2D eigenvalue weighted by atomic mass is 16.6. The number of rotatable bonds is 12. The molecule has 2 amide bonds. The smallest absolute Gasteiger partial charge is 0.417 e. The maximum Gasteiger partial charge on any atom is 0.417 e. The van der Waals surface area contributed by atoms with Crippen LogP contribution < -0.4 is 0 Å². The summed E-state index contributed by atoms with van der Waals surface area (Å²) in [6, 6.07) is 8.93. The van der Waals surface area contributed by atoms with E-state index >= 15 is 0 Å². The van der Waals surface area contributed by atoms with E-state index in [1.165, 1.54) is 7.11 Å². The number of hydrogen-bond donors (Lipinski definition) is 1. The van der Waals surface area contributed by atoms with E-state index in [0.29, 0.717) is 25.2 Å². The summed E-state index contributed by atoms with van der Waals surface area (Å²) in [4.78, 5) is 39.8. The quantitative estimate of drug-likeness (QED) is 0.275. The molecule has 1 fully saturated rings. The molecule has 9 heteroatoms. The Balaban J connectivity index is 1.88. The number of hydrogen-bond acceptors (Lipinski definition) is 8. The van der Waals surface area contributed by atoms with E-state index in [0.717, 1.165) is 21.6 Å². The first-order valence-corrected chi connectivity index (χ1v) is 11.7. The van der Waals surface area contributed by atoms with Gasteiger partial charge < -0.3 is 23.7 Å². The fourth-order valence-electron chi connectivity index (χ4n) is 4.05. The van der Waals surface area contributed by atoms with Crippen LogP contribution in [0, 0.1) is 12.8 Å². The standard InChI is InChI=1S/C26H33NO8/c1-16(2)20-15-34-26(31)27(20)25(30)24(32-4)23(29)22-14-19(18-8-5-7-17(3)13-18)21(35-22)9-6-11-33-12-10-28/h5,7-8,13-14,16,20,24,28H,6,9-12,15H2,1-4H3. The van der Waals surface area contributed by atoms with E-state index in [1.807, 2.05) is 45.0 Å². The number of aliphatic hydroxyl groups excluding tert-OH is 1. The molecule has 1 aliphatic rings. The van der Waals surface area contributed by atoms with E-state index in [2.05, 4.69) is 0 Å². The Labute approximate surface area is 204 Å². The molecule has 3 rings (SSSR count). The van der Waals surface area contributed by atoms with Gasteiger partial charge in [0.15, 0.2) is 5.76 Å². The van der Waals surface area contributed by atoms with Crippen molar-refractivity contribution in [3.05, 3.63) is 47.4 Å². The molecule has 2 heterocycles. The van der Waals surface area contributed by atoms with Gasteiger partial charge in [0.05, 0.1) is 19.3 Å². The van der Waals surface area contributed by atoms with Gasteiger partial charge in [-0.15, -0.1) is 0 Å². The molecular formula is C26H33NO8. The number of imide groups is 1. The molecule has 9 nitrogen and oxygen atoms in total. The van der Waals surface area contributed by atoms with Gasteiger partial charge in [-0.3, -0.25) is 9.59 Å². The van der Waals surface area contributed by atoms with Crippen molar-refractivity contribution in [3.8, 4) is 11.1 Å². The van der Waals surface area contributed by atoms with Gasteiger partial charge in [0, 0.05) is 25.7 Å². The first-order valence-electron chi connectivity index (χ1n) is 11.7. The predicted octanol–water partition coefficient (Wildman–Crippen LogP) is 3.40. The van der Waals surface area contributed by atoms with Gasteiger partial charge in [-0.2, -0.15) is 0 Å². The second-order valence-corrected chi connectivity index (χ2v) is 8.83. The number of benzene rings is 1. The highest BCUT2D eigenvalue weighted by molar-refractivity contribution is 6.14. The predicted molar refractivity (Wildman–Crippen MR) is 127 cm³/mol. The number of furan rings is 1. The zero-order chi connectivity index (χ0) is 25.5. The van der Waals surface area contributed by atoms with Crippen LogP contribution >= 0.6 is 0 Å². The van der Waals surface area contributed by atoms with E-state index in [4.69, 9.17) is 23.7 Å². The van der Waals surface area contributed by atoms with Gasteiger partial charge in [-0.25, -0.2) is 9.69 Å². The highest BCUT2D eigenvalue weighted by Crippen LogP contribution is 2.31. The fraction of sp³-hybridized carbons (Fsp3) is 0.500. The normalized spacial score (nSPS) is 16.6. The molecule has 1 aliphatic heterocycles. The van der Waals surface area contributed by atoms with E-state index in [-0.39, 0.29) is 31.5 Å². The minimum Gasteiger partial charge on any atom is -0.457 e. The third-order valence-electron chi connectivity index (χ3n) is 5.92. The molecule has 1 aromatic heterocycles. The van der Waals surface area contributed by atoms with Gasteiger partial charge >= 0.3 is 6.09 Å². The summed E-state index contributed by atoms with van der Waals surface area (Å²) in [6.07, 6.45) is -1.23. The number of nitrogens with zero attached hydrogens (tertiary/aromatic N) is 1. The van der Waals surface area contributed by atoms with Crippen molar-refractivity contribution in [3.63, 3.8) is 0 Å². The van der Waals surface area contributed by atoms with Gasteiger partial charge in [-0.05, 0) is 30.9 Å². The van der Waals surface area contributed by atoms with Crippen LogP contribution in [-0.4, -0.2) is 73.5 Å². The van der Waals surface area contributed by atoms with Crippen LogP contribution in [0.3, 0.4) is 0 Å². The minimum absolute atomic E-state index is 0.0263. The second kappa shape index (κ2) is 12.1. The minimum atomic E-state index is -1.54. The Morgan fingerprint density at radius 2 is 2.00 bits per heavy atom. The first-order chi connectivity index (χ1) is 16.8. The molecule has 190 valence electrons. The molecule has 0 saturated carbocycles. The molecule has 2 aromatic rings. The number of carbonyl (C=O) groups excluding carboxylic acids is 3. The van der Waals surface area contributed by atoms with Crippen molar-refractivity contribution in [2.75, 3.05) is 33.5 Å². The van der Waals surface area contributed by atoms with Crippen LogP contribution in [0.5, 0.6) is 0 Å². The Hall–Kier alpha value is -3.01. The lowest BCUT2D eigenvalue weighted by molar-refractivity contribution is -0.137. The molecule has 1 N–H and O–H groups in total. The molecule has 1 aromatic carbocycles. The van der Waals surface area contributed by atoms with Crippen molar-refractivity contribution in [2.24, 2.45) is 5.92 Å². The van der Waals surface area contributed by atoms with Crippen molar-refractivity contribution in [2.45, 2.75) is 45.8 Å². The van der Waals surface area contributed by atoms with Gasteiger partial charge in [-0.1, -0.05) is 43.7 Å². The van der Waals surface area contributed by atoms with E-state index in [1.54, 1.807) is 6.07 Å². The topological polar surface area (TPSA) is 116 Å². The monoisotopic (exact) mass is 487 g/mol. The third-order valence-corrected chi connectivity index (χ3v) is 5.92. The van der Waals surface area contributed by atoms with Crippen molar-refractivity contribution >= 4 is 17.8 Å². The summed E-state index contributed by atoms with van der Waals surface area (Å²) in [5.74, 6) is -0.937. The lowest BCUT2D eigenvalue weighted by Gasteiger charge is -2.25. The largest absolute Gasteiger partial charge is 0.457 e. The molecule has 0 aliphatic carbocycles. The maximum atomic E-state index is 13.4. The zero-order valence-corrected chi connectivity index (χ0v) is 20.6. The number of methoxy groups -OCH3 is 1. The van der Waals surface area contributed by atoms with Crippen LogP contribution in [0.15, 0.2) is 34.7 Å². The van der Waals surface area contributed by atoms with Crippen LogP contribution in [0.1, 0.15) is 42.1 Å². The fourth-order valence-corrected chi connectivity index (χ4v) is 4.05. The van der Waals surface area contributed by atoms with Crippen LogP contribution in [-0.2, 0) is 25.4 Å². The molecular weight excluding hydrogens is 454 g/mol. The van der Waals surface area contributed by atoms with Gasteiger partial charge in [0.2, 0.25) is 11.9 Å². The van der Waals surface area contributed by atoms with Crippen molar-refractivity contribution in [1.29, 1.82) is 0 Å². The molecule has 2 atom stereocenters. The van der Waals surface area contributed by atoms with Crippen LogP contribution in [0.4, 0.5) is 4.79 Å². The summed E-state index contributed by atoms with van der Waals surface area (Å²) in [6.45, 7) is 6.40. The van der Waals surface area contributed by atoms with Crippen LogP contribution in [0.25, 0.3) is 11.1 Å². The molecule has 1 saturated heterocycles. The maximum absolute atomic E-state index is 13.4. The van der Waals surface area contributed by atoms with E-state index in [9.17, 15) is 14.4 Å². The summed E-state index contributed by atoms with van der Waals surface area (Å²) in [5, 5.41) is 8.87. The van der Waals surface area contributed by atoms with Crippen LogP contribution in [0.2, 0.25) is 0 Å². The summed E-state index contributed by atoms with van der Waals surface area (Å²) in [7, 11) is 1.25. The zero-order valence-electron chi connectivity index (χ0n) is 20.6. The molecule has 35 heavy (non-hydrogen) atoms. The lowest BCUT2D eigenvalue weighted by atomic mass is 10.0. The average Bonchev–Trinajstić information content (AvgIpc) is 3.43. The summed E-state index contributed by atoms with van der Waals surface area (Å²) < 4.78 is 21.6. The third kappa shape index (κ3) is 6.17. The van der Waals surface area contributed by atoms with Gasteiger partial charge in [0.25, 0.3) is 5.91 Å². The number of cyclic esters (lactones) is 1. The number of Topliss-reactive ketones (excluding diaryl/α,β-unsaturated/α-hetero) is 1. The first kappa shape index (κ1) is 26.6. The molecule has 0 spiro atoms. The second-order valence-electron chi connectivity index (χ2n) is 8.83. The average molecular weight is 488 g/mol. The Morgan fingerprint density at radius 1 is 1.23 bits per heavy atom. The lowest BCUT2D eigenvalue weighted by Crippen LogP contribution is -2.49. The Kier molecular flexibility index (Phi) is 9.20. The number of ether oxygens (including phenoxy) is 3. The SMILES string of the molecule is COC(C(=O)c1cc(-c2cccc(C)c2)c(CCCOCCO)o1)C(=O)N1C(=O)OCC1C(C)C. The summed E-state index contributed by atoms with van der Waals surface area (Å²) >= 11 is 0. The number of carbonyl (C=O) groups is 3. The molecule has 2 unspecified atom stereocenters. The number of aryl methyl sites for hydroxylation is 2. The Bertz CT molecular complexity index is 1040. The number of ketones is 1. The summed E-state index contributed by atoms with van der Waals surface area (Å²) in [5.41, 5.74) is 2.66. The highest BCUT2D eigenvalue weighted by Gasteiger charge is 2.45. The van der Waals surface area contributed by atoms with E-state index < -0.39 is 29.9 Å². The number of amides is 2. The van der Waals surface area contributed by atoms with Crippen molar-refractivity contribution < 1.29 is 38.1 Å². The van der Waals surface area contributed by atoms with Gasteiger partial charge in [0.1, 0.15) is 12.4 Å². The molecule has 0 bridgehead atoms.